The van der Waals surface area contributed by atoms with E-state index in [-0.39, 0.29) is 236 Å². The fourth-order valence-corrected chi connectivity index (χ4v) is 15.4. The van der Waals surface area contributed by atoms with Gasteiger partial charge in [0.05, 0.1) is 39.2 Å². The van der Waals surface area contributed by atoms with Crippen LogP contribution >= 0.6 is 0 Å². The van der Waals surface area contributed by atoms with Gasteiger partial charge in [-0.2, -0.15) is 0 Å². The summed E-state index contributed by atoms with van der Waals surface area (Å²) in [6.07, 6.45) is -9.25. The van der Waals surface area contributed by atoms with Gasteiger partial charge in [0.15, 0.2) is 0 Å². The van der Waals surface area contributed by atoms with Crippen LogP contribution in [0.25, 0.3) is 0 Å². The summed E-state index contributed by atoms with van der Waals surface area (Å²) in [7, 11) is -45.8. The average molecular weight is 1670 g/mol. The first kappa shape index (κ1) is 101. The predicted octanol–water partition coefficient (Wildman–Crippen LogP) is -22.4. The van der Waals surface area contributed by atoms with Gasteiger partial charge in [-0.1, -0.05) is 0 Å². The Morgan fingerprint density at radius 1 is 0.163 bits per heavy atom. The van der Waals surface area contributed by atoms with E-state index in [1.165, 1.54) is 0 Å². The SMILES string of the molecule is O=S(=O)([O-])c1cc2c(O)c(c1)Cc1cc(S(=O)(=O)[O-])cc(c1O)Cc1cc(S(=O)(=O)[O-])cc(c1O)Cc1cc(S(=O)(=O)[O-])cc(c1O)Cc1cc(S(=O)(=O)[O-])cc(c1O)Cc1cc(S(=O)(=O)[O-])cc(c1O)Cc1cc(S(=O)(=O)[O-])cc(c1O)Cc1cc(S(=O)(=O)[O-])cc(c1O)C2.[Na+].[Na+].[Na+].[Na+].[Na+].[Na+].[Na+].[Na+]. The van der Waals surface area contributed by atoms with Crippen molar-refractivity contribution in [1.82, 2.24) is 0 Å². The van der Waals surface area contributed by atoms with Gasteiger partial charge < -0.3 is 77.3 Å². The van der Waals surface area contributed by atoms with Crippen LogP contribution in [0.5, 0.6) is 46.0 Å². The molecule has 48 heteroatoms. The quantitative estimate of drug-likeness (QED) is 0.0517. The molecule has 0 fully saturated rings. The van der Waals surface area contributed by atoms with Crippen LogP contribution in [0.2, 0.25) is 0 Å². The second kappa shape index (κ2) is 37.6. The number of rotatable bonds is 8. The van der Waals surface area contributed by atoms with Crippen LogP contribution in [0.4, 0.5) is 0 Å². The summed E-state index contributed by atoms with van der Waals surface area (Å²) in [6, 6.07) is 7.19. The predicted molar refractivity (Wildman–Crippen MR) is 311 cm³/mol. The van der Waals surface area contributed by atoms with Gasteiger partial charge >= 0.3 is 236 Å². The summed E-state index contributed by atoms with van der Waals surface area (Å²) >= 11 is 0. The number of hydrogen-bond donors (Lipinski definition) is 8. The van der Waals surface area contributed by atoms with Crippen LogP contribution in [0.1, 0.15) is 89.0 Å². The van der Waals surface area contributed by atoms with Gasteiger partial charge in [0.2, 0.25) is 0 Å². The zero-order valence-corrected chi connectivity index (χ0v) is 78.1. The first-order valence-corrected chi connectivity index (χ1v) is 37.6. The maximum absolute atomic E-state index is 12.7. The summed E-state index contributed by atoms with van der Waals surface area (Å²) in [5.74, 6) is -9.13. The molecule has 8 aromatic rings. The maximum Gasteiger partial charge on any atom is 1.00 e. The van der Waals surface area contributed by atoms with Gasteiger partial charge in [-0.15, -0.1) is 0 Å². The van der Waals surface area contributed by atoms with E-state index < -0.39 is 306 Å². The average Bonchev–Trinajstić information content (AvgIpc) is 0.779. The standard InChI is InChI=1S/C56H48O32S8.8Na/c57-49-25-1-26-10-42(90(68,69)70)12-28(50(26)58)3-30-14-44(92(74,75)76)16-32(52(30)60)5-34-18-46(94(80,81)82)20-36(54(34)62)7-38-22-48(96(86,87)88)24-40(56(38)64)8-39-23-47(95(83,84)85)21-37(55(39)63)6-35-19-45(93(77,78)79)17-33(53(35)61)4-31-15-43(91(71,72)73)13-29(51(31)59)2-27(49)11-41(9-25)89(65,66)67;;;;;;;;/h9-24,57-64H,1-8H2,(H,65,66,67)(H,68,69,70)(H,71,72,73)(H,74,75,76)(H,77,78,79)(H,80,81,82)(H,83,84,85)(H,86,87,88);;;;;;;;/q;8*+1/p-8. The third-order valence-electron chi connectivity index (χ3n) is 15.3. The number of benzene rings is 8. The Balaban J connectivity index is 0.00000676. The topological polar surface area (TPSA) is 619 Å². The molecular formula is C56H40Na8O32S8. The molecule has 8 aromatic carbocycles. The van der Waals surface area contributed by atoms with Gasteiger partial charge in [0.1, 0.15) is 127 Å². The number of fused-ring (bicyclic) bond motifs is 16. The van der Waals surface area contributed by atoms with Crippen molar-refractivity contribution in [1.29, 1.82) is 0 Å². The van der Waals surface area contributed by atoms with Gasteiger partial charge in [0, 0.05) is 51.4 Å². The van der Waals surface area contributed by atoms with Crippen molar-refractivity contribution in [2.45, 2.75) is 90.5 Å². The van der Waals surface area contributed by atoms with Gasteiger partial charge in [-0.3, -0.25) is 0 Å². The van der Waals surface area contributed by atoms with E-state index in [0.717, 1.165) is 0 Å². The third-order valence-corrected chi connectivity index (χ3v) is 21.8. The van der Waals surface area contributed by atoms with E-state index in [1.54, 1.807) is 0 Å². The molecule has 1 aliphatic rings. The molecular weight excluding hydrogens is 1630 g/mol. The molecule has 1 aliphatic carbocycles. The van der Waals surface area contributed by atoms with E-state index >= 15 is 0 Å². The molecule has 0 saturated heterocycles. The monoisotopic (exact) mass is 1660 g/mol. The van der Waals surface area contributed by atoms with Crippen LogP contribution in [-0.4, -0.2) is 145 Å². The number of phenols is 8. The maximum atomic E-state index is 12.7. The van der Waals surface area contributed by atoms with Crippen molar-refractivity contribution in [2.75, 3.05) is 0 Å². The molecule has 0 radical (unpaired) electrons. The summed E-state index contributed by atoms with van der Waals surface area (Å²) in [5, 5.41) is 94.6. The zero-order chi connectivity index (χ0) is 71.4. The van der Waals surface area contributed by atoms with Crippen molar-refractivity contribution in [2.24, 2.45) is 0 Å². The molecule has 0 heterocycles. The molecule has 0 aromatic heterocycles. The molecule has 512 valence electrons. The Bertz CT molecular complexity index is 4480. The summed E-state index contributed by atoms with van der Waals surface area (Å²) in [6.45, 7) is 0. The molecule has 0 saturated carbocycles. The van der Waals surface area contributed by atoms with E-state index in [1.807, 2.05) is 0 Å². The second-order valence-corrected chi connectivity index (χ2v) is 32.8. The van der Waals surface area contributed by atoms with E-state index in [2.05, 4.69) is 0 Å². The smallest absolute Gasteiger partial charge is 0.744 e. The minimum Gasteiger partial charge on any atom is -0.744 e. The third kappa shape index (κ3) is 23.8. The van der Waals surface area contributed by atoms with E-state index in [9.17, 15) is 145 Å². The van der Waals surface area contributed by atoms with Crippen molar-refractivity contribution in [3.63, 3.8) is 0 Å². The zero-order valence-electron chi connectivity index (χ0n) is 55.5. The first-order valence-electron chi connectivity index (χ1n) is 26.3. The van der Waals surface area contributed by atoms with Gasteiger partial charge in [0.25, 0.3) is 0 Å². The molecule has 0 amide bonds. The molecule has 104 heavy (non-hydrogen) atoms. The van der Waals surface area contributed by atoms with Crippen LogP contribution in [0.3, 0.4) is 0 Å². The molecule has 0 aliphatic heterocycles. The Hall–Kier alpha value is -0.560. The Morgan fingerprint density at radius 3 is 0.269 bits per heavy atom. The van der Waals surface area contributed by atoms with Crippen LogP contribution in [0, 0.1) is 0 Å². The number of phenolic OH excluding ortho intramolecular Hbond substituents is 8. The molecule has 32 nitrogen and oxygen atoms in total. The van der Waals surface area contributed by atoms with Crippen molar-refractivity contribution in [3.8, 4) is 46.0 Å². The van der Waals surface area contributed by atoms with Crippen molar-refractivity contribution >= 4 is 80.9 Å². The molecule has 0 atom stereocenters. The Labute approximate surface area is 771 Å². The Morgan fingerprint density at radius 2 is 0.221 bits per heavy atom. The minimum absolute atomic E-state index is 0. The van der Waals surface area contributed by atoms with Crippen LogP contribution in [0.15, 0.2) is 136 Å². The van der Waals surface area contributed by atoms with Crippen molar-refractivity contribution < 1.29 is 381 Å². The molecule has 16 bridgehead atoms. The van der Waals surface area contributed by atoms with Crippen LogP contribution in [-0.2, 0) is 132 Å². The summed E-state index contributed by atoms with van der Waals surface area (Å²) < 4.78 is 306. The Kier molecular flexibility index (Phi) is 36.7. The summed E-state index contributed by atoms with van der Waals surface area (Å²) in [4.78, 5) is -10.2. The van der Waals surface area contributed by atoms with Gasteiger partial charge in [-0.05, 0) is 186 Å². The van der Waals surface area contributed by atoms with Crippen LogP contribution < -0.4 is 236 Å². The van der Waals surface area contributed by atoms with E-state index in [0.29, 0.717) is 97.1 Å². The molecule has 8 N–H and O–H groups in total. The molecule has 0 spiro atoms. The fraction of sp³-hybridized carbons (Fsp3) is 0.143. The normalized spacial score (nSPS) is 13.0. The second-order valence-electron chi connectivity index (χ2n) is 21.8. The van der Waals surface area contributed by atoms with E-state index in [4.69, 9.17) is 0 Å². The summed E-state index contributed by atoms with van der Waals surface area (Å²) in [5.41, 5.74) is -12.7. The van der Waals surface area contributed by atoms with Gasteiger partial charge in [-0.25, -0.2) is 67.3 Å². The minimum atomic E-state index is -5.72. The van der Waals surface area contributed by atoms with Crippen molar-refractivity contribution in [3.05, 3.63) is 186 Å². The largest absolute Gasteiger partial charge is 1.00 e. The molecule has 9 rings (SSSR count). The number of aromatic hydroxyl groups is 8. The first-order chi connectivity index (χ1) is 43.9. The number of hydrogen-bond acceptors (Lipinski definition) is 32. The molecule has 0 unspecified atom stereocenters. The fourth-order valence-electron chi connectivity index (χ4n) is 10.8.